The van der Waals surface area contributed by atoms with E-state index >= 15 is 0 Å². The van der Waals surface area contributed by atoms with E-state index in [1.807, 2.05) is 72.8 Å². The van der Waals surface area contributed by atoms with Gasteiger partial charge in [-0.25, -0.2) is 0 Å². The molecule has 1 aromatic heterocycles. The fraction of sp³-hybridized carbons (Fsp3) is 0. The van der Waals surface area contributed by atoms with E-state index in [4.69, 9.17) is 16.8 Å². The summed E-state index contributed by atoms with van der Waals surface area (Å²) < 4.78 is 122. The molecule has 0 unspecified atom stereocenters. The maximum Gasteiger partial charge on any atom is 0.136 e. The van der Waals surface area contributed by atoms with Crippen molar-refractivity contribution in [2.24, 2.45) is 0 Å². The fourth-order valence-corrected chi connectivity index (χ4v) is 7.14. The lowest BCUT2D eigenvalue weighted by molar-refractivity contribution is 0.669. The second-order valence-electron chi connectivity index (χ2n) is 11.8. The Morgan fingerprint density at radius 3 is 1.67 bits per heavy atom. The van der Waals surface area contributed by atoms with E-state index in [1.165, 1.54) is 0 Å². The zero-order chi connectivity index (χ0) is 43.6. The maximum atomic E-state index is 9.40. The molecule has 0 radical (unpaired) electrons. The number of hydrogen-bond acceptors (Lipinski definition) is 1. The van der Waals surface area contributed by atoms with Crippen molar-refractivity contribution >= 4 is 54.3 Å². The Kier molecular flexibility index (Phi) is 3.99. The molecule has 0 bridgehead atoms. The van der Waals surface area contributed by atoms with Gasteiger partial charge in [0.2, 0.25) is 0 Å². The molecular weight excluding hydrogens is 593 g/mol. The standard InChI is InChI=1S/C48H30O/c1-3-14-31(15-4-1)35-24-13-25-45-48(35)43-30-33(26-29-44(43)49-45)34-27-28-42(37-19-8-7-18-36(34)37)47-40-22-11-9-20-38(40)46(32-16-5-2-6-17-32)39-21-10-12-23-41(39)47/h1-30H/i2D,5D,6D,9D,10D,11D,12D,16D,17D,20D,21D,22D,23D. The number of rotatable bonds is 4. The minimum absolute atomic E-state index is 0.0802. The van der Waals surface area contributed by atoms with Crippen LogP contribution in [0.3, 0.4) is 0 Å². The van der Waals surface area contributed by atoms with Crippen LogP contribution in [0.1, 0.15) is 17.8 Å². The smallest absolute Gasteiger partial charge is 0.136 e. The van der Waals surface area contributed by atoms with Crippen LogP contribution in [-0.4, -0.2) is 0 Å². The van der Waals surface area contributed by atoms with Crippen molar-refractivity contribution in [3.05, 3.63) is 182 Å². The summed E-state index contributed by atoms with van der Waals surface area (Å²) >= 11 is 0. The number of furan rings is 1. The van der Waals surface area contributed by atoms with Crippen LogP contribution in [-0.2, 0) is 0 Å². The van der Waals surface area contributed by atoms with Crippen LogP contribution in [0.5, 0.6) is 0 Å². The molecule has 1 nitrogen and oxygen atoms in total. The number of fused-ring (bicyclic) bond motifs is 6. The monoisotopic (exact) mass is 635 g/mol. The molecule has 0 amide bonds. The zero-order valence-corrected chi connectivity index (χ0v) is 25.7. The quantitative estimate of drug-likeness (QED) is 0.175. The average molecular weight is 636 g/mol. The Balaban J connectivity index is 1.35. The molecule has 228 valence electrons. The molecule has 0 spiro atoms. The molecule has 49 heavy (non-hydrogen) atoms. The molecule has 0 saturated carbocycles. The van der Waals surface area contributed by atoms with E-state index < -0.39 is 84.1 Å². The first-order valence-corrected chi connectivity index (χ1v) is 15.8. The highest BCUT2D eigenvalue weighted by atomic mass is 16.3. The Morgan fingerprint density at radius 1 is 0.347 bits per heavy atom. The summed E-state index contributed by atoms with van der Waals surface area (Å²) in [6.45, 7) is 0. The molecule has 9 aromatic carbocycles. The first-order valence-electron chi connectivity index (χ1n) is 22.3. The summed E-state index contributed by atoms with van der Waals surface area (Å²) in [5.41, 5.74) is 4.85. The highest BCUT2D eigenvalue weighted by Crippen LogP contribution is 2.47. The van der Waals surface area contributed by atoms with Gasteiger partial charge in [0.25, 0.3) is 0 Å². The Bertz CT molecular complexity index is 3510. The van der Waals surface area contributed by atoms with Gasteiger partial charge in [0.1, 0.15) is 11.2 Å². The van der Waals surface area contributed by atoms with Crippen LogP contribution >= 0.6 is 0 Å². The third-order valence-electron chi connectivity index (χ3n) is 9.21. The van der Waals surface area contributed by atoms with Gasteiger partial charge in [0, 0.05) is 10.8 Å². The largest absolute Gasteiger partial charge is 0.456 e. The predicted molar refractivity (Wildman–Crippen MR) is 208 cm³/mol. The Labute approximate surface area is 302 Å². The Morgan fingerprint density at radius 2 is 0.959 bits per heavy atom. The molecule has 10 rings (SSSR count). The van der Waals surface area contributed by atoms with Crippen LogP contribution < -0.4 is 0 Å². The van der Waals surface area contributed by atoms with Gasteiger partial charge < -0.3 is 4.42 Å². The third-order valence-corrected chi connectivity index (χ3v) is 9.21. The lowest BCUT2D eigenvalue weighted by Crippen LogP contribution is -1.92. The van der Waals surface area contributed by atoms with E-state index in [0.717, 1.165) is 44.0 Å². The van der Waals surface area contributed by atoms with Gasteiger partial charge in [0.15, 0.2) is 0 Å². The van der Waals surface area contributed by atoms with Crippen LogP contribution in [0.25, 0.3) is 98.8 Å². The SMILES string of the molecule is [2H]c1c([2H])c([2H])c(-c2c3c([2H])c([2H])c([2H])c([2H])c3c(-c3ccc(-c4ccc5oc6cccc(-c7ccccc7)c6c5c4)c4ccccc34)c3c([2H])c([2H])c([2H])c([2H])c23)c([2H])c1[2H]. The molecule has 10 aromatic rings. The molecule has 0 fully saturated rings. The minimum Gasteiger partial charge on any atom is -0.456 e. The summed E-state index contributed by atoms with van der Waals surface area (Å²) in [5.74, 6) is 0. The van der Waals surface area contributed by atoms with Crippen molar-refractivity contribution in [2.75, 3.05) is 0 Å². The average Bonchev–Trinajstić information content (AvgIpc) is 3.67. The van der Waals surface area contributed by atoms with Crippen molar-refractivity contribution in [2.45, 2.75) is 0 Å². The topological polar surface area (TPSA) is 13.1 Å². The van der Waals surface area contributed by atoms with Gasteiger partial charge in [-0.15, -0.1) is 0 Å². The molecule has 0 aliphatic carbocycles. The van der Waals surface area contributed by atoms with Crippen molar-refractivity contribution in [3.63, 3.8) is 0 Å². The first-order chi connectivity index (χ1) is 29.7. The first kappa shape index (κ1) is 17.6. The van der Waals surface area contributed by atoms with Crippen LogP contribution in [0, 0.1) is 0 Å². The van der Waals surface area contributed by atoms with E-state index in [1.54, 1.807) is 6.07 Å². The van der Waals surface area contributed by atoms with Gasteiger partial charge in [-0.05, 0) is 95.0 Å². The van der Waals surface area contributed by atoms with Crippen LogP contribution in [0.2, 0.25) is 0 Å². The van der Waals surface area contributed by atoms with Crippen molar-refractivity contribution < 1.29 is 22.2 Å². The third kappa shape index (κ3) is 4.33. The Hall–Kier alpha value is -6.44. The lowest BCUT2D eigenvalue weighted by atomic mass is 9.84. The van der Waals surface area contributed by atoms with E-state index in [9.17, 15) is 5.48 Å². The summed E-state index contributed by atoms with van der Waals surface area (Å²) in [5, 5.41) is 2.43. The maximum absolute atomic E-state index is 9.40. The minimum atomic E-state index is -0.715. The molecule has 1 heterocycles. The summed E-state index contributed by atoms with van der Waals surface area (Å²) in [4.78, 5) is 0. The number of benzene rings is 9. The zero-order valence-electron chi connectivity index (χ0n) is 38.7. The summed E-state index contributed by atoms with van der Waals surface area (Å²) in [6, 6.07) is 24.7. The molecule has 0 aliphatic rings. The molecule has 0 aliphatic heterocycles. The molecule has 1 heteroatoms. The second-order valence-corrected chi connectivity index (χ2v) is 11.8. The van der Waals surface area contributed by atoms with E-state index in [2.05, 4.69) is 24.3 Å². The molecule has 0 atom stereocenters. The molecule has 0 N–H and O–H groups in total. The molecular formula is C48H30O. The molecule has 0 saturated heterocycles. The van der Waals surface area contributed by atoms with E-state index in [-0.39, 0.29) is 32.7 Å². The summed E-state index contributed by atoms with van der Waals surface area (Å²) in [7, 11) is 0. The van der Waals surface area contributed by atoms with Gasteiger partial charge >= 0.3 is 0 Å². The van der Waals surface area contributed by atoms with Gasteiger partial charge in [0.05, 0.1) is 17.8 Å². The number of hydrogen-bond donors (Lipinski definition) is 0. The fourth-order valence-electron chi connectivity index (χ4n) is 7.14. The van der Waals surface area contributed by atoms with Crippen molar-refractivity contribution in [1.82, 2.24) is 0 Å². The highest BCUT2D eigenvalue weighted by Gasteiger charge is 2.19. The highest BCUT2D eigenvalue weighted by molar-refractivity contribution is 6.24. The van der Waals surface area contributed by atoms with Crippen molar-refractivity contribution in [1.29, 1.82) is 0 Å². The van der Waals surface area contributed by atoms with Gasteiger partial charge in [-0.1, -0.05) is 163 Å². The normalized spacial score (nSPS) is 15.4. The van der Waals surface area contributed by atoms with E-state index in [0.29, 0.717) is 16.5 Å². The second kappa shape index (κ2) is 11.1. The van der Waals surface area contributed by atoms with Crippen LogP contribution in [0.15, 0.2) is 186 Å². The van der Waals surface area contributed by atoms with Crippen molar-refractivity contribution in [3.8, 4) is 44.5 Å². The lowest BCUT2D eigenvalue weighted by Gasteiger charge is -2.19. The van der Waals surface area contributed by atoms with Gasteiger partial charge in [-0.2, -0.15) is 0 Å². The van der Waals surface area contributed by atoms with Crippen LogP contribution in [0.4, 0.5) is 0 Å². The summed E-state index contributed by atoms with van der Waals surface area (Å²) in [6.07, 6.45) is 0. The predicted octanol–water partition coefficient (Wildman–Crippen LogP) is 13.7. The van der Waals surface area contributed by atoms with Gasteiger partial charge in [-0.3, -0.25) is 0 Å².